The van der Waals surface area contributed by atoms with Crippen LogP contribution < -0.4 is 5.69 Å². The Morgan fingerprint density at radius 3 is 2.21 bits per heavy atom. The third-order valence-electron chi connectivity index (χ3n) is 5.09. The fourth-order valence-electron chi connectivity index (χ4n) is 3.51. The Labute approximate surface area is 171 Å². The van der Waals surface area contributed by atoms with Gasteiger partial charge in [-0.3, -0.25) is 9.13 Å². The Bertz CT molecular complexity index is 1080. The molecule has 29 heavy (non-hydrogen) atoms. The number of benzene rings is 2. The maximum absolute atomic E-state index is 13.0. The molecule has 1 aromatic heterocycles. The van der Waals surface area contributed by atoms with Gasteiger partial charge < -0.3 is 5.11 Å². The van der Waals surface area contributed by atoms with Crippen LogP contribution in [0.3, 0.4) is 0 Å². The lowest BCUT2D eigenvalue weighted by atomic mass is 9.92. The minimum absolute atomic E-state index is 0.00905. The van der Waals surface area contributed by atoms with Crippen molar-refractivity contribution in [2.45, 2.75) is 52.6 Å². The molecule has 0 unspecified atom stereocenters. The van der Waals surface area contributed by atoms with Crippen molar-refractivity contribution in [2.75, 3.05) is 0 Å². The number of rotatable bonds is 5. The van der Waals surface area contributed by atoms with Gasteiger partial charge in [0.2, 0.25) is 0 Å². The zero-order valence-electron chi connectivity index (χ0n) is 17.6. The van der Waals surface area contributed by atoms with Crippen LogP contribution in [0.15, 0.2) is 59.5 Å². The molecule has 0 atom stereocenters. The smallest absolute Gasteiger partial charge is 0.336 e. The Morgan fingerprint density at radius 1 is 1.03 bits per heavy atom. The van der Waals surface area contributed by atoms with E-state index in [1.165, 1.54) is 0 Å². The molecular formula is C24H28N2O3. The first-order chi connectivity index (χ1) is 13.6. The summed E-state index contributed by atoms with van der Waals surface area (Å²) in [5, 5.41) is 9.42. The highest BCUT2D eigenvalue weighted by molar-refractivity contribution is 5.95. The number of aromatic carboxylic acids is 1. The molecule has 0 spiro atoms. The molecule has 152 valence electrons. The molecule has 0 fully saturated rings. The number of carbonyl (C=O) groups is 1. The van der Waals surface area contributed by atoms with E-state index in [1.807, 2.05) is 61.0 Å². The molecular weight excluding hydrogens is 364 g/mol. The summed E-state index contributed by atoms with van der Waals surface area (Å²) < 4.78 is 3.61. The first kappa shape index (κ1) is 20.6. The molecule has 0 bridgehead atoms. The van der Waals surface area contributed by atoms with Gasteiger partial charge in [0.25, 0.3) is 0 Å². The van der Waals surface area contributed by atoms with Crippen LogP contribution in [0.2, 0.25) is 0 Å². The largest absolute Gasteiger partial charge is 0.478 e. The van der Waals surface area contributed by atoms with Gasteiger partial charge in [-0.25, -0.2) is 9.59 Å². The molecule has 2 aromatic carbocycles. The number of hydrogen-bond donors (Lipinski definition) is 1. The van der Waals surface area contributed by atoms with Crippen molar-refractivity contribution in [1.29, 1.82) is 0 Å². The molecule has 0 aliphatic carbocycles. The van der Waals surface area contributed by atoms with Crippen molar-refractivity contribution in [3.63, 3.8) is 0 Å². The van der Waals surface area contributed by atoms with Gasteiger partial charge in [0.1, 0.15) is 0 Å². The predicted molar refractivity (Wildman–Crippen MR) is 116 cm³/mol. The number of nitrogens with zero attached hydrogens (tertiary/aromatic N) is 2. The topological polar surface area (TPSA) is 64.2 Å². The average molecular weight is 392 g/mol. The molecule has 0 radical (unpaired) electrons. The third-order valence-corrected chi connectivity index (χ3v) is 5.09. The van der Waals surface area contributed by atoms with Crippen LogP contribution in [0.4, 0.5) is 0 Å². The van der Waals surface area contributed by atoms with Gasteiger partial charge in [-0.1, -0.05) is 63.2 Å². The van der Waals surface area contributed by atoms with E-state index in [1.54, 1.807) is 16.7 Å². The van der Waals surface area contributed by atoms with Crippen molar-refractivity contribution in [3.05, 3.63) is 82.0 Å². The number of hydrogen-bond acceptors (Lipinski definition) is 2. The van der Waals surface area contributed by atoms with E-state index in [-0.39, 0.29) is 22.7 Å². The van der Waals surface area contributed by atoms with Gasteiger partial charge in [-0.05, 0) is 36.6 Å². The van der Waals surface area contributed by atoms with Gasteiger partial charge in [0.15, 0.2) is 0 Å². The molecule has 3 rings (SSSR count). The van der Waals surface area contributed by atoms with Crippen LogP contribution >= 0.6 is 0 Å². The van der Waals surface area contributed by atoms with Crippen molar-refractivity contribution < 1.29 is 9.90 Å². The molecule has 5 nitrogen and oxygen atoms in total. The number of aromatic nitrogens is 2. The summed E-state index contributed by atoms with van der Waals surface area (Å²) in [4.78, 5) is 24.4. The number of carboxylic acids is 1. The second-order valence-electron chi connectivity index (χ2n) is 8.68. The van der Waals surface area contributed by atoms with Crippen molar-refractivity contribution in [1.82, 2.24) is 9.13 Å². The molecule has 5 heteroatoms. The zero-order chi connectivity index (χ0) is 21.3. The Balaban J connectivity index is 1.98. The van der Waals surface area contributed by atoms with Crippen LogP contribution in [-0.4, -0.2) is 20.2 Å². The fraction of sp³-hybridized carbons (Fsp3) is 0.333. The lowest BCUT2D eigenvalue weighted by Crippen LogP contribution is -2.28. The predicted octanol–water partition coefficient (Wildman–Crippen LogP) is 4.94. The van der Waals surface area contributed by atoms with Crippen molar-refractivity contribution >= 4 is 5.97 Å². The van der Waals surface area contributed by atoms with E-state index in [0.29, 0.717) is 12.1 Å². The Kier molecular flexibility index (Phi) is 5.51. The first-order valence-corrected chi connectivity index (χ1v) is 9.83. The minimum atomic E-state index is -0.943. The second kappa shape index (κ2) is 7.74. The SMILES string of the molecule is CC(C)n1cc(C(C)(C)C)n(Cc2ccc(-c3ccccc3C(=O)O)cc2)c1=O. The van der Waals surface area contributed by atoms with Gasteiger partial charge in [0, 0.05) is 23.3 Å². The highest BCUT2D eigenvalue weighted by Gasteiger charge is 2.23. The first-order valence-electron chi connectivity index (χ1n) is 9.83. The molecule has 1 heterocycles. The quantitative estimate of drug-likeness (QED) is 0.669. The normalized spacial score (nSPS) is 11.8. The third kappa shape index (κ3) is 4.19. The lowest BCUT2D eigenvalue weighted by Gasteiger charge is -2.20. The zero-order valence-corrected chi connectivity index (χ0v) is 17.6. The van der Waals surface area contributed by atoms with E-state index < -0.39 is 5.97 Å². The molecule has 3 aromatic rings. The molecule has 1 N–H and O–H groups in total. The molecule has 0 aliphatic heterocycles. The molecule has 0 amide bonds. The molecule has 0 saturated carbocycles. The van der Waals surface area contributed by atoms with Crippen LogP contribution in [0.25, 0.3) is 11.1 Å². The Hall–Kier alpha value is -3.08. The average Bonchev–Trinajstić information content (AvgIpc) is 2.99. The van der Waals surface area contributed by atoms with Crippen LogP contribution in [0, 0.1) is 0 Å². The fourth-order valence-corrected chi connectivity index (χ4v) is 3.51. The summed E-state index contributed by atoms with van der Waals surface area (Å²) in [6.07, 6.45) is 1.96. The van der Waals surface area contributed by atoms with E-state index in [9.17, 15) is 14.7 Å². The minimum Gasteiger partial charge on any atom is -0.478 e. The van der Waals surface area contributed by atoms with E-state index in [4.69, 9.17) is 0 Å². The second-order valence-corrected chi connectivity index (χ2v) is 8.68. The summed E-state index contributed by atoms with van der Waals surface area (Å²) in [5.74, 6) is -0.943. The standard InChI is InChI=1S/C24H28N2O3/c1-16(2)25-15-21(24(3,4)5)26(23(25)29)14-17-10-12-18(13-11-17)19-8-6-7-9-20(19)22(27)28/h6-13,15-16H,14H2,1-5H3,(H,27,28). The number of carboxylic acid groups (broad SMARTS) is 1. The summed E-state index contributed by atoms with van der Waals surface area (Å²) in [7, 11) is 0. The summed E-state index contributed by atoms with van der Waals surface area (Å²) >= 11 is 0. The van der Waals surface area contributed by atoms with Gasteiger partial charge in [0.05, 0.1) is 12.1 Å². The van der Waals surface area contributed by atoms with Crippen LogP contribution in [0.1, 0.15) is 62.3 Å². The molecule has 0 saturated heterocycles. The summed E-state index contributed by atoms with van der Waals surface area (Å²) in [6, 6.07) is 14.8. The maximum Gasteiger partial charge on any atom is 0.336 e. The van der Waals surface area contributed by atoms with Gasteiger partial charge in [-0.2, -0.15) is 0 Å². The lowest BCUT2D eigenvalue weighted by molar-refractivity contribution is 0.0697. The van der Waals surface area contributed by atoms with Crippen LogP contribution in [-0.2, 0) is 12.0 Å². The number of imidazole rings is 1. The maximum atomic E-state index is 13.0. The molecule has 0 aliphatic rings. The van der Waals surface area contributed by atoms with Gasteiger partial charge >= 0.3 is 11.7 Å². The van der Waals surface area contributed by atoms with Crippen molar-refractivity contribution in [2.24, 2.45) is 0 Å². The highest BCUT2D eigenvalue weighted by atomic mass is 16.4. The summed E-state index contributed by atoms with van der Waals surface area (Å²) in [6.45, 7) is 10.8. The van der Waals surface area contributed by atoms with E-state index in [2.05, 4.69) is 20.8 Å². The summed E-state index contributed by atoms with van der Waals surface area (Å²) in [5.41, 5.74) is 3.64. The van der Waals surface area contributed by atoms with Gasteiger partial charge in [-0.15, -0.1) is 0 Å². The van der Waals surface area contributed by atoms with E-state index in [0.717, 1.165) is 16.8 Å². The Morgan fingerprint density at radius 2 is 1.66 bits per heavy atom. The van der Waals surface area contributed by atoms with Crippen molar-refractivity contribution in [3.8, 4) is 11.1 Å². The van der Waals surface area contributed by atoms with Crippen LogP contribution in [0.5, 0.6) is 0 Å². The van der Waals surface area contributed by atoms with E-state index >= 15 is 0 Å². The highest BCUT2D eigenvalue weighted by Crippen LogP contribution is 2.26. The monoisotopic (exact) mass is 392 g/mol.